The fraction of sp³-hybridized carbons (Fsp3) is 0.278. The van der Waals surface area contributed by atoms with Gasteiger partial charge in [-0.25, -0.2) is 0 Å². The molecule has 0 aliphatic heterocycles. The zero-order chi connectivity index (χ0) is 18.0. The molecule has 2 atom stereocenters. The first-order valence-corrected chi connectivity index (χ1v) is 8.31. The smallest absolute Gasteiger partial charge is 0.307 e. The molecule has 1 amide bonds. The van der Waals surface area contributed by atoms with Crippen LogP contribution in [-0.4, -0.2) is 21.6 Å². The van der Waals surface area contributed by atoms with Crippen LogP contribution in [-0.2, 0) is 16.1 Å². The van der Waals surface area contributed by atoms with Crippen LogP contribution in [0.1, 0.15) is 18.4 Å². The molecule has 2 aromatic rings. The number of pyridine rings is 1. The van der Waals surface area contributed by atoms with E-state index in [1.165, 1.54) is 22.9 Å². The molecule has 1 heterocycles. The first-order chi connectivity index (χ1) is 12.0. The Morgan fingerprint density at radius 2 is 1.88 bits per heavy atom. The SMILES string of the molecule is O=C(O)C1CCC1C(=O)Nc1ccc(=O)n(Cc2ccccc2Cl)c1. The van der Waals surface area contributed by atoms with Gasteiger partial charge in [0, 0.05) is 17.3 Å². The van der Waals surface area contributed by atoms with E-state index in [2.05, 4.69) is 5.32 Å². The molecule has 3 rings (SSSR count). The maximum atomic E-state index is 12.2. The molecule has 1 saturated carbocycles. The van der Waals surface area contributed by atoms with E-state index in [0.29, 0.717) is 23.6 Å². The number of carboxylic acids is 1. The summed E-state index contributed by atoms with van der Waals surface area (Å²) in [5.41, 5.74) is 1.03. The Kier molecular flexibility index (Phi) is 4.90. The van der Waals surface area contributed by atoms with Crippen LogP contribution in [0.15, 0.2) is 47.4 Å². The quantitative estimate of drug-likeness (QED) is 0.857. The molecule has 1 aromatic carbocycles. The van der Waals surface area contributed by atoms with Gasteiger partial charge in [0.2, 0.25) is 5.91 Å². The second-order valence-corrected chi connectivity index (χ2v) is 6.50. The van der Waals surface area contributed by atoms with Crippen molar-refractivity contribution in [2.75, 3.05) is 5.32 Å². The highest BCUT2D eigenvalue weighted by atomic mass is 35.5. The number of halogens is 1. The van der Waals surface area contributed by atoms with Gasteiger partial charge in [-0.3, -0.25) is 14.4 Å². The number of benzene rings is 1. The van der Waals surface area contributed by atoms with E-state index in [9.17, 15) is 14.4 Å². The number of nitrogens with one attached hydrogen (secondary N) is 1. The van der Waals surface area contributed by atoms with Crippen LogP contribution in [0.2, 0.25) is 5.02 Å². The summed E-state index contributed by atoms with van der Waals surface area (Å²) in [4.78, 5) is 35.3. The highest BCUT2D eigenvalue weighted by molar-refractivity contribution is 6.31. The number of anilines is 1. The lowest BCUT2D eigenvalue weighted by molar-refractivity contribution is -0.151. The molecule has 2 N–H and O–H groups in total. The van der Waals surface area contributed by atoms with Crippen molar-refractivity contribution in [3.63, 3.8) is 0 Å². The lowest BCUT2D eigenvalue weighted by Crippen LogP contribution is -2.41. The molecular formula is C18H17ClN2O4. The largest absolute Gasteiger partial charge is 0.481 e. The highest BCUT2D eigenvalue weighted by Crippen LogP contribution is 2.35. The van der Waals surface area contributed by atoms with Crippen molar-refractivity contribution in [1.29, 1.82) is 0 Å². The first-order valence-electron chi connectivity index (χ1n) is 7.93. The predicted octanol–water partition coefficient (Wildman–Crippen LogP) is 2.60. The second-order valence-electron chi connectivity index (χ2n) is 6.09. The van der Waals surface area contributed by atoms with Gasteiger partial charge in [-0.05, 0) is 30.5 Å². The maximum absolute atomic E-state index is 12.2. The third-order valence-corrected chi connectivity index (χ3v) is 4.85. The number of aromatic nitrogens is 1. The summed E-state index contributed by atoms with van der Waals surface area (Å²) in [5.74, 6) is -2.44. The molecule has 0 spiro atoms. The minimum Gasteiger partial charge on any atom is -0.481 e. The second kappa shape index (κ2) is 7.11. The number of hydrogen-bond acceptors (Lipinski definition) is 3. The van der Waals surface area contributed by atoms with Gasteiger partial charge >= 0.3 is 5.97 Å². The van der Waals surface area contributed by atoms with Crippen LogP contribution in [0.4, 0.5) is 5.69 Å². The van der Waals surface area contributed by atoms with E-state index < -0.39 is 17.8 Å². The molecule has 2 unspecified atom stereocenters. The molecule has 1 aliphatic carbocycles. The van der Waals surface area contributed by atoms with Crippen molar-refractivity contribution in [3.8, 4) is 0 Å². The number of amides is 1. The number of carbonyl (C=O) groups excluding carboxylic acids is 1. The van der Waals surface area contributed by atoms with E-state index in [0.717, 1.165) is 5.56 Å². The summed E-state index contributed by atoms with van der Waals surface area (Å²) in [6.45, 7) is 0.281. The molecule has 0 radical (unpaired) electrons. The van der Waals surface area contributed by atoms with E-state index in [1.54, 1.807) is 6.07 Å². The molecule has 6 nitrogen and oxygen atoms in total. The summed E-state index contributed by atoms with van der Waals surface area (Å²) in [5, 5.41) is 12.3. The van der Waals surface area contributed by atoms with Gasteiger partial charge in [-0.15, -0.1) is 0 Å². The van der Waals surface area contributed by atoms with Crippen molar-refractivity contribution < 1.29 is 14.7 Å². The summed E-state index contributed by atoms with van der Waals surface area (Å²) in [6, 6.07) is 10.1. The molecule has 0 bridgehead atoms. The Bertz CT molecular complexity index is 877. The predicted molar refractivity (Wildman–Crippen MR) is 93.7 cm³/mol. The highest BCUT2D eigenvalue weighted by Gasteiger charge is 2.41. The number of aliphatic carboxylic acids is 1. The number of nitrogens with zero attached hydrogens (tertiary/aromatic N) is 1. The van der Waals surface area contributed by atoms with Gasteiger partial charge < -0.3 is 15.0 Å². The Balaban J connectivity index is 1.76. The Morgan fingerprint density at radius 1 is 1.16 bits per heavy atom. The zero-order valence-corrected chi connectivity index (χ0v) is 14.1. The fourth-order valence-corrected chi connectivity index (χ4v) is 3.08. The fourth-order valence-electron chi connectivity index (χ4n) is 2.88. The van der Waals surface area contributed by atoms with E-state index in [-0.39, 0.29) is 18.0 Å². The lowest BCUT2D eigenvalue weighted by atomic mass is 9.73. The molecule has 1 aromatic heterocycles. The Morgan fingerprint density at radius 3 is 2.52 bits per heavy atom. The van der Waals surface area contributed by atoms with Crippen LogP contribution in [0.3, 0.4) is 0 Å². The minimum atomic E-state index is -0.949. The van der Waals surface area contributed by atoms with E-state index >= 15 is 0 Å². The van der Waals surface area contributed by atoms with Crippen molar-refractivity contribution in [1.82, 2.24) is 4.57 Å². The molecule has 1 aliphatic rings. The van der Waals surface area contributed by atoms with Crippen molar-refractivity contribution in [3.05, 3.63) is 63.5 Å². The van der Waals surface area contributed by atoms with Gasteiger partial charge in [0.05, 0.1) is 24.1 Å². The maximum Gasteiger partial charge on any atom is 0.307 e. The van der Waals surface area contributed by atoms with E-state index in [4.69, 9.17) is 16.7 Å². The standard InChI is InChI=1S/C18H17ClN2O4/c19-15-4-2-1-3-11(15)9-21-10-12(5-8-16(21)22)20-17(23)13-6-7-14(13)18(24)25/h1-5,8,10,13-14H,6-7,9H2,(H,20,23)(H,24,25). The van der Waals surface area contributed by atoms with Gasteiger partial charge in [0.25, 0.3) is 5.56 Å². The summed E-state index contributed by atoms with van der Waals surface area (Å²) in [6.07, 6.45) is 2.61. The summed E-state index contributed by atoms with van der Waals surface area (Å²) in [7, 11) is 0. The molecular weight excluding hydrogens is 344 g/mol. The monoisotopic (exact) mass is 360 g/mol. The van der Waals surface area contributed by atoms with Crippen LogP contribution in [0.25, 0.3) is 0 Å². The van der Waals surface area contributed by atoms with Crippen LogP contribution >= 0.6 is 11.6 Å². The van der Waals surface area contributed by atoms with E-state index in [1.807, 2.05) is 18.2 Å². The third kappa shape index (κ3) is 3.74. The van der Waals surface area contributed by atoms with Crippen LogP contribution in [0, 0.1) is 11.8 Å². The van der Waals surface area contributed by atoms with Gasteiger partial charge in [-0.1, -0.05) is 29.8 Å². The lowest BCUT2D eigenvalue weighted by Gasteiger charge is -2.31. The number of hydrogen-bond donors (Lipinski definition) is 2. The molecule has 25 heavy (non-hydrogen) atoms. The van der Waals surface area contributed by atoms with Gasteiger partial charge in [0.15, 0.2) is 0 Å². The average Bonchev–Trinajstić information content (AvgIpc) is 2.51. The average molecular weight is 361 g/mol. The number of rotatable bonds is 5. The zero-order valence-electron chi connectivity index (χ0n) is 13.3. The van der Waals surface area contributed by atoms with Crippen molar-refractivity contribution in [2.45, 2.75) is 19.4 Å². The van der Waals surface area contributed by atoms with Gasteiger partial charge in [-0.2, -0.15) is 0 Å². The normalized spacial score (nSPS) is 19.1. The summed E-state index contributed by atoms with van der Waals surface area (Å²) >= 11 is 6.12. The Labute approximate surface area is 149 Å². The number of carboxylic acid groups (broad SMARTS) is 1. The van der Waals surface area contributed by atoms with Crippen molar-refractivity contribution >= 4 is 29.2 Å². The molecule has 7 heteroatoms. The first kappa shape index (κ1) is 17.2. The van der Waals surface area contributed by atoms with Crippen LogP contribution < -0.4 is 10.9 Å². The Hall–Kier alpha value is -2.60. The molecule has 130 valence electrons. The van der Waals surface area contributed by atoms with Gasteiger partial charge in [0.1, 0.15) is 0 Å². The number of carbonyl (C=O) groups is 2. The summed E-state index contributed by atoms with van der Waals surface area (Å²) < 4.78 is 1.45. The third-order valence-electron chi connectivity index (χ3n) is 4.48. The van der Waals surface area contributed by atoms with Crippen LogP contribution in [0.5, 0.6) is 0 Å². The topological polar surface area (TPSA) is 88.4 Å². The molecule has 1 fully saturated rings. The van der Waals surface area contributed by atoms with Crippen molar-refractivity contribution in [2.24, 2.45) is 11.8 Å². The molecule has 0 saturated heterocycles. The minimum absolute atomic E-state index is 0.218.